The van der Waals surface area contributed by atoms with Gasteiger partial charge in [-0.15, -0.1) is 11.8 Å². The topological polar surface area (TPSA) is 132 Å². The van der Waals surface area contributed by atoms with Crippen LogP contribution in [0.2, 0.25) is 0 Å². The average Bonchev–Trinajstić information content (AvgIpc) is 3.52. The molecule has 0 radical (unpaired) electrons. The number of likely N-dealkylation sites (tertiary alicyclic amines) is 1. The van der Waals surface area contributed by atoms with Crippen molar-refractivity contribution >= 4 is 47.2 Å². The van der Waals surface area contributed by atoms with Crippen LogP contribution in [0, 0.1) is 0 Å². The smallest absolute Gasteiger partial charge is 0.330 e. The molecule has 2 N–H and O–H groups in total. The van der Waals surface area contributed by atoms with Crippen LogP contribution in [-0.2, 0) is 23.9 Å². The maximum Gasteiger partial charge on any atom is 0.330 e. The molecule has 12 nitrogen and oxygen atoms in total. The zero-order chi connectivity index (χ0) is 27.4. The van der Waals surface area contributed by atoms with Crippen LogP contribution in [-0.4, -0.2) is 114 Å². The summed E-state index contributed by atoms with van der Waals surface area (Å²) in [6, 6.07) is 7.58. The van der Waals surface area contributed by atoms with Gasteiger partial charge in [-0.1, -0.05) is 18.2 Å². The maximum absolute atomic E-state index is 13.2. The summed E-state index contributed by atoms with van der Waals surface area (Å²) < 4.78 is 4.82. The molecule has 3 fully saturated rings. The van der Waals surface area contributed by atoms with Gasteiger partial charge in [0, 0.05) is 38.5 Å². The molecule has 2 atom stereocenters. The van der Waals surface area contributed by atoms with Crippen molar-refractivity contribution in [2.45, 2.75) is 37.4 Å². The Morgan fingerprint density at radius 2 is 1.84 bits per heavy atom. The predicted octanol–water partition coefficient (Wildman–Crippen LogP) is 0.0459. The number of anilines is 1. The van der Waals surface area contributed by atoms with Crippen LogP contribution in [0.25, 0.3) is 0 Å². The van der Waals surface area contributed by atoms with Crippen LogP contribution in [0.4, 0.5) is 10.5 Å². The monoisotopic (exact) mass is 546 g/mol. The summed E-state index contributed by atoms with van der Waals surface area (Å²) in [6.07, 6.45) is 0.936. The van der Waals surface area contributed by atoms with E-state index in [9.17, 15) is 24.0 Å². The van der Waals surface area contributed by atoms with Gasteiger partial charge in [-0.3, -0.25) is 14.4 Å². The van der Waals surface area contributed by atoms with E-state index in [0.717, 1.165) is 5.69 Å². The molecule has 38 heavy (non-hydrogen) atoms. The van der Waals surface area contributed by atoms with Gasteiger partial charge in [-0.2, -0.15) is 0 Å². The first-order chi connectivity index (χ1) is 18.2. The van der Waals surface area contributed by atoms with Gasteiger partial charge >= 0.3 is 12.0 Å². The Labute approximate surface area is 226 Å². The number of amides is 5. The van der Waals surface area contributed by atoms with E-state index in [1.807, 2.05) is 30.3 Å². The predicted molar refractivity (Wildman–Crippen MR) is 141 cm³/mol. The highest BCUT2D eigenvalue weighted by Gasteiger charge is 2.53. The van der Waals surface area contributed by atoms with Gasteiger partial charge in [0.1, 0.15) is 17.6 Å². The first-order valence-electron chi connectivity index (χ1n) is 12.5. The normalized spacial score (nSPS) is 21.4. The van der Waals surface area contributed by atoms with Crippen LogP contribution in [0.5, 0.6) is 0 Å². The highest BCUT2D eigenvalue weighted by Crippen LogP contribution is 2.38. The Morgan fingerprint density at radius 1 is 1.16 bits per heavy atom. The quantitative estimate of drug-likeness (QED) is 0.479. The van der Waals surface area contributed by atoms with Crippen LogP contribution in [0.1, 0.15) is 19.8 Å². The first-order valence-corrected chi connectivity index (χ1v) is 13.7. The molecule has 3 aliphatic heterocycles. The SMILES string of the molecule is COC(=O)[C@H](CNC(=O)N1CCC2(CC1)C(=O)N(C)CN2c1ccccc1)NC(=O)[C@H]1CSCN1C(C)=O. The number of benzene rings is 1. The van der Waals surface area contributed by atoms with Gasteiger partial charge in [0.15, 0.2) is 0 Å². The summed E-state index contributed by atoms with van der Waals surface area (Å²) in [5.41, 5.74) is 0.251. The van der Waals surface area contributed by atoms with Crippen LogP contribution in [0.15, 0.2) is 30.3 Å². The van der Waals surface area contributed by atoms with Crippen molar-refractivity contribution in [3.05, 3.63) is 30.3 Å². The third kappa shape index (κ3) is 5.38. The summed E-state index contributed by atoms with van der Waals surface area (Å²) in [5.74, 6) is -0.522. The lowest BCUT2D eigenvalue weighted by Crippen LogP contribution is -2.59. The zero-order valence-electron chi connectivity index (χ0n) is 21.8. The molecule has 0 bridgehead atoms. The number of nitrogens with zero attached hydrogens (tertiary/aromatic N) is 4. The molecular formula is C25H34N6O6S. The zero-order valence-corrected chi connectivity index (χ0v) is 22.7. The van der Waals surface area contributed by atoms with Crippen molar-refractivity contribution in [3.8, 4) is 0 Å². The van der Waals surface area contributed by atoms with Crippen LogP contribution >= 0.6 is 11.8 Å². The van der Waals surface area contributed by atoms with Crippen molar-refractivity contribution in [1.29, 1.82) is 0 Å². The van der Waals surface area contributed by atoms with Crippen molar-refractivity contribution < 1.29 is 28.7 Å². The number of rotatable bonds is 6. The number of likely N-dealkylation sites (N-methyl/N-ethyl adjacent to an activating group) is 1. The number of hydrogen-bond donors (Lipinski definition) is 2. The number of urea groups is 1. The summed E-state index contributed by atoms with van der Waals surface area (Å²) in [5, 5.41) is 5.33. The minimum absolute atomic E-state index is 0.0413. The lowest BCUT2D eigenvalue weighted by Gasteiger charge is -2.43. The molecule has 0 unspecified atom stereocenters. The molecule has 0 aliphatic carbocycles. The number of hydrogen-bond acceptors (Lipinski definition) is 8. The second-order valence-electron chi connectivity index (χ2n) is 9.70. The summed E-state index contributed by atoms with van der Waals surface area (Å²) >= 11 is 1.45. The lowest BCUT2D eigenvalue weighted by molar-refractivity contribution is -0.145. The lowest BCUT2D eigenvalue weighted by atomic mass is 9.85. The van der Waals surface area contributed by atoms with Crippen molar-refractivity contribution in [3.63, 3.8) is 0 Å². The van der Waals surface area contributed by atoms with Gasteiger partial charge in [-0.25, -0.2) is 9.59 Å². The molecule has 13 heteroatoms. The minimum atomic E-state index is -1.11. The standard InChI is InChI=1S/C25H34N6O6S/c1-17(32)30-16-38-14-20(30)21(33)27-19(22(34)37-3)13-26-24(36)29-11-9-25(10-12-29)23(35)28(2)15-31(25)18-7-5-4-6-8-18/h4-8,19-20H,9-16H2,1-3H3,(H,26,36)(H,27,33)/t19-,20+/m0/s1. The third-order valence-electron chi connectivity index (χ3n) is 7.41. The second-order valence-corrected chi connectivity index (χ2v) is 10.7. The number of piperidine rings is 1. The van der Waals surface area contributed by atoms with E-state index in [4.69, 9.17) is 4.74 Å². The molecule has 4 rings (SSSR count). The summed E-state index contributed by atoms with van der Waals surface area (Å²) in [6.45, 7) is 2.42. The van der Waals surface area contributed by atoms with Crippen molar-refractivity contribution in [2.24, 2.45) is 0 Å². The Bertz CT molecular complexity index is 1080. The number of carbonyl (C=O) groups is 5. The van der Waals surface area contributed by atoms with E-state index in [0.29, 0.717) is 44.2 Å². The number of methoxy groups -OCH3 is 1. The van der Waals surface area contributed by atoms with E-state index < -0.39 is 35.5 Å². The Kier molecular flexibility index (Phi) is 8.34. The van der Waals surface area contributed by atoms with Gasteiger partial charge in [0.2, 0.25) is 17.7 Å². The molecule has 1 aromatic rings. The first kappa shape index (κ1) is 27.6. The number of thioether (sulfide) groups is 1. The van der Waals surface area contributed by atoms with Crippen molar-refractivity contribution in [2.75, 3.05) is 57.0 Å². The molecule has 206 valence electrons. The largest absolute Gasteiger partial charge is 0.467 e. The van der Waals surface area contributed by atoms with E-state index in [-0.39, 0.29) is 18.4 Å². The fourth-order valence-corrected chi connectivity index (χ4v) is 6.48. The Balaban J connectivity index is 1.35. The molecule has 0 saturated carbocycles. The van der Waals surface area contributed by atoms with E-state index in [2.05, 4.69) is 15.5 Å². The third-order valence-corrected chi connectivity index (χ3v) is 8.42. The molecular weight excluding hydrogens is 512 g/mol. The number of ether oxygens (including phenoxy) is 1. The Morgan fingerprint density at radius 3 is 2.47 bits per heavy atom. The minimum Gasteiger partial charge on any atom is -0.467 e. The Hall–Kier alpha value is -3.48. The fraction of sp³-hybridized carbons (Fsp3) is 0.560. The summed E-state index contributed by atoms with van der Waals surface area (Å²) in [4.78, 5) is 70.0. The molecule has 0 aromatic heterocycles. The summed E-state index contributed by atoms with van der Waals surface area (Å²) in [7, 11) is 2.99. The molecule has 5 amide bonds. The van der Waals surface area contributed by atoms with Gasteiger partial charge in [0.25, 0.3) is 0 Å². The van der Waals surface area contributed by atoms with E-state index >= 15 is 0 Å². The molecule has 1 aromatic carbocycles. The number of carbonyl (C=O) groups excluding carboxylic acids is 5. The van der Waals surface area contributed by atoms with Gasteiger partial charge in [-0.05, 0) is 25.0 Å². The maximum atomic E-state index is 13.2. The van der Waals surface area contributed by atoms with E-state index in [1.165, 1.54) is 30.7 Å². The van der Waals surface area contributed by atoms with Crippen LogP contribution in [0.3, 0.4) is 0 Å². The highest BCUT2D eigenvalue weighted by atomic mass is 32.2. The molecule has 3 heterocycles. The molecule has 3 saturated heterocycles. The number of nitrogens with one attached hydrogen (secondary N) is 2. The highest BCUT2D eigenvalue weighted by molar-refractivity contribution is 7.99. The van der Waals surface area contributed by atoms with Crippen LogP contribution < -0.4 is 15.5 Å². The van der Waals surface area contributed by atoms with Gasteiger partial charge in [0.05, 0.1) is 26.2 Å². The van der Waals surface area contributed by atoms with Crippen molar-refractivity contribution in [1.82, 2.24) is 25.3 Å². The number of para-hydroxylation sites is 1. The number of esters is 1. The van der Waals surface area contributed by atoms with Gasteiger partial charge < -0.3 is 35.0 Å². The molecule has 3 aliphatic rings. The van der Waals surface area contributed by atoms with E-state index in [1.54, 1.807) is 16.8 Å². The molecule has 1 spiro atoms. The fourth-order valence-electron chi connectivity index (χ4n) is 5.26. The second kappa shape index (κ2) is 11.5. The average molecular weight is 547 g/mol.